The van der Waals surface area contributed by atoms with Crippen molar-refractivity contribution in [2.45, 2.75) is 0 Å². The van der Waals surface area contributed by atoms with E-state index in [1.807, 2.05) is 0 Å². The fourth-order valence-corrected chi connectivity index (χ4v) is 0. The van der Waals surface area contributed by atoms with Crippen LogP contribution in [0.1, 0.15) is 0 Å². The fourth-order valence-electron chi connectivity index (χ4n) is 0. The first kappa shape index (κ1) is 147. The van der Waals surface area contributed by atoms with E-state index in [1.165, 1.54) is 0 Å². The first-order chi connectivity index (χ1) is 0. The molecule has 7 heteroatoms. The predicted octanol–water partition coefficient (Wildman–Crippen LogP) is -4.49. The third-order valence-corrected chi connectivity index (χ3v) is 0. The molecule has 0 aliphatic rings. The number of rotatable bonds is 0. The van der Waals surface area contributed by atoms with Gasteiger partial charge in [0.05, 0.1) is 0 Å². The van der Waals surface area contributed by atoms with Gasteiger partial charge in [-0.1, -0.05) is 0 Å². The molecule has 0 aromatic heterocycles. The molecule has 0 fully saturated rings. The summed E-state index contributed by atoms with van der Waals surface area (Å²) >= 11 is 0. The van der Waals surface area contributed by atoms with E-state index in [-0.39, 0.29) is 87.2 Å². The van der Waals surface area contributed by atoms with E-state index in [2.05, 4.69) is 0 Å². The first-order valence-electron chi connectivity index (χ1n) is 0. The minimum Gasteiger partial charge on any atom is -0.412 e. The second-order valence-corrected chi connectivity index (χ2v) is 0. The fraction of sp³-hybridized carbons (Fsp3) is 0. The average Bonchev–Trinajstić information content (AvgIpc) is 0. The van der Waals surface area contributed by atoms with Gasteiger partial charge in [-0.25, -0.2) is 0 Å². The normalized spacial score (nSPS) is 0. The molecule has 0 spiro atoms. The van der Waals surface area contributed by atoms with Crippen LogP contribution in [0.4, 0.5) is 0 Å². The molecule has 8 N–H and O–H groups in total. The molecular formula is H11AlO4TiZr. The summed E-state index contributed by atoms with van der Waals surface area (Å²) in [6.07, 6.45) is 0. The van der Waals surface area contributed by atoms with E-state index < -0.39 is 0 Å². The van der Waals surface area contributed by atoms with Crippen molar-refractivity contribution in [3.8, 4) is 0 Å². The van der Waals surface area contributed by atoms with Gasteiger partial charge in [-0.2, -0.15) is 0 Å². The Hall–Kier alpha value is 1.97. The molecule has 0 atom stereocenters. The Kier molecular flexibility index (Phi) is 2090. The van der Waals surface area contributed by atoms with Crippen LogP contribution in [-0.4, -0.2) is 39.3 Å². The van der Waals surface area contributed by atoms with Gasteiger partial charge in [0.15, 0.2) is 17.4 Å². The second-order valence-electron chi connectivity index (χ2n) is 0. The van der Waals surface area contributed by atoms with Crippen LogP contribution < -0.4 is 0 Å². The van der Waals surface area contributed by atoms with Gasteiger partial charge in [0.1, 0.15) is 0 Å². The minimum atomic E-state index is 0. The van der Waals surface area contributed by atoms with Crippen LogP contribution >= 0.6 is 0 Å². The molecule has 0 aromatic rings. The number of hydrogen-bond acceptors (Lipinski definition) is 0. The van der Waals surface area contributed by atoms with Crippen molar-refractivity contribution in [2.24, 2.45) is 0 Å². The summed E-state index contributed by atoms with van der Waals surface area (Å²) < 4.78 is 0. The largest absolute Gasteiger partial charge is 0.412 e. The van der Waals surface area contributed by atoms with Gasteiger partial charge in [0, 0.05) is 47.9 Å². The Bertz CT molecular complexity index is 11.7. The summed E-state index contributed by atoms with van der Waals surface area (Å²) in [6, 6.07) is 0. The van der Waals surface area contributed by atoms with Crippen molar-refractivity contribution in [3.05, 3.63) is 0 Å². The Morgan fingerprint density at radius 3 is 0.571 bits per heavy atom. The Morgan fingerprint density at radius 1 is 0.571 bits per heavy atom. The maximum Gasteiger partial charge on any atom is 0.187 e. The summed E-state index contributed by atoms with van der Waals surface area (Å²) in [5.41, 5.74) is 0. The monoisotopic (exact) mass is 240 g/mol. The quantitative estimate of drug-likeness (QED) is 0.379. The van der Waals surface area contributed by atoms with E-state index >= 15 is 0 Å². The van der Waals surface area contributed by atoms with E-state index in [9.17, 15) is 0 Å². The van der Waals surface area contributed by atoms with E-state index in [1.54, 1.807) is 0 Å². The van der Waals surface area contributed by atoms with Crippen LogP contribution in [0.3, 0.4) is 0 Å². The van der Waals surface area contributed by atoms with Crippen LogP contribution in [0.25, 0.3) is 0 Å². The van der Waals surface area contributed by atoms with Crippen molar-refractivity contribution >= 4 is 17.4 Å². The predicted molar refractivity (Wildman–Crippen MR) is 24.4 cm³/mol. The zero-order valence-corrected chi connectivity index (χ0v) is 7.02. The van der Waals surface area contributed by atoms with Crippen molar-refractivity contribution in [2.75, 3.05) is 0 Å². The van der Waals surface area contributed by atoms with Crippen molar-refractivity contribution in [3.63, 3.8) is 0 Å². The van der Waals surface area contributed by atoms with Gasteiger partial charge < -0.3 is 21.9 Å². The molecule has 0 saturated heterocycles. The van der Waals surface area contributed by atoms with Gasteiger partial charge in [0.2, 0.25) is 0 Å². The van der Waals surface area contributed by atoms with Crippen LogP contribution in [0, 0.1) is 0 Å². The maximum absolute atomic E-state index is 0. The molecule has 46 valence electrons. The van der Waals surface area contributed by atoms with Crippen LogP contribution in [-0.2, 0) is 47.9 Å². The molecule has 0 unspecified atom stereocenters. The third kappa shape index (κ3) is 73.2. The van der Waals surface area contributed by atoms with Crippen molar-refractivity contribution in [1.82, 2.24) is 0 Å². The number of hydrogen-bond donors (Lipinski definition) is 0. The van der Waals surface area contributed by atoms with Gasteiger partial charge in [0.25, 0.3) is 0 Å². The summed E-state index contributed by atoms with van der Waals surface area (Å²) in [6.45, 7) is 0. The molecule has 0 radical (unpaired) electrons. The summed E-state index contributed by atoms with van der Waals surface area (Å²) in [5, 5.41) is 0. The standard InChI is InChI=1S/Al.4H2O.Ti.Zr.3H/h;4*1H2;;;;;. The molecule has 0 saturated carbocycles. The minimum absolute atomic E-state index is 0. The average molecular weight is 241 g/mol. The molecule has 0 aliphatic heterocycles. The Balaban J connectivity index is 0. The Labute approximate surface area is 86.4 Å². The topological polar surface area (TPSA) is 126 Å². The van der Waals surface area contributed by atoms with Crippen LogP contribution in [0.15, 0.2) is 0 Å². The van der Waals surface area contributed by atoms with Crippen LogP contribution in [0.5, 0.6) is 0 Å². The van der Waals surface area contributed by atoms with Crippen molar-refractivity contribution in [1.29, 1.82) is 0 Å². The molecule has 4 nitrogen and oxygen atoms in total. The van der Waals surface area contributed by atoms with Crippen molar-refractivity contribution < 1.29 is 69.8 Å². The van der Waals surface area contributed by atoms with Crippen LogP contribution in [0.2, 0.25) is 0 Å². The first-order valence-corrected chi connectivity index (χ1v) is 0. The van der Waals surface area contributed by atoms with Gasteiger partial charge >= 0.3 is 0 Å². The Morgan fingerprint density at radius 2 is 0.571 bits per heavy atom. The summed E-state index contributed by atoms with van der Waals surface area (Å²) in [7, 11) is 0. The van der Waals surface area contributed by atoms with E-state index in [0.717, 1.165) is 0 Å². The zero-order chi connectivity index (χ0) is 0. The molecule has 0 heterocycles. The van der Waals surface area contributed by atoms with E-state index in [4.69, 9.17) is 0 Å². The molecule has 0 rings (SSSR count). The molecule has 0 bridgehead atoms. The summed E-state index contributed by atoms with van der Waals surface area (Å²) in [5.74, 6) is 0. The van der Waals surface area contributed by atoms with E-state index in [0.29, 0.717) is 0 Å². The third-order valence-electron chi connectivity index (χ3n) is 0. The molecule has 7 heavy (non-hydrogen) atoms. The smallest absolute Gasteiger partial charge is 0.187 e. The zero-order valence-electron chi connectivity index (χ0n) is 3.00. The maximum atomic E-state index is 0. The molecule has 0 aliphatic carbocycles. The second kappa shape index (κ2) is 99.8. The molecular weight excluding hydrogens is 230 g/mol. The molecule has 0 aromatic carbocycles. The SMILES string of the molecule is O.O.O.O.[AlH3].[Ti].[Zr]. The van der Waals surface area contributed by atoms with Gasteiger partial charge in [-0.3, -0.25) is 0 Å². The summed E-state index contributed by atoms with van der Waals surface area (Å²) in [4.78, 5) is 0. The van der Waals surface area contributed by atoms with Gasteiger partial charge in [-0.05, 0) is 0 Å². The van der Waals surface area contributed by atoms with Gasteiger partial charge in [-0.15, -0.1) is 0 Å². The molecule has 0 amide bonds.